The summed E-state index contributed by atoms with van der Waals surface area (Å²) in [6.07, 6.45) is 0.671. The van der Waals surface area contributed by atoms with Crippen molar-refractivity contribution in [3.63, 3.8) is 0 Å². The number of hydrogen-bond donors (Lipinski definition) is 4. The van der Waals surface area contributed by atoms with E-state index in [-0.39, 0.29) is 5.92 Å². The van der Waals surface area contributed by atoms with Crippen molar-refractivity contribution in [2.24, 2.45) is 5.92 Å². The number of amides is 2. The van der Waals surface area contributed by atoms with Gasteiger partial charge in [-0.25, -0.2) is 5.48 Å². The summed E-state index contributed by atoms with van der Waals surface area (Å²) in [5.74, 6) is 10.2. The molecule has 0 fully saturated rings. The lowest BCUT2D eigenvalue weighted by atomic mass is 9.98. The number of benzene rings is 2. The molecule has 29 heavy (non-hydrogen) atoms. The lowest BCUT2D eigenvalue weighted by molar-refractivity contribution is -0.132. The first-order valence-corrected chi connectivity index (χ1v) is 9.17. The van der Waals surface area contributed by atoms with E-state index in [9.17, 15) is 9.59 Å². The first-order chi connectivity index (χ1) is 13.9. The zero-order valence-electron chi connectivity index (χ0n) is 16.3. The molecule has 0 aliphatic rings. The number of anilines is 1. The molecule has 0 aliphatic carbocycles. The van der Waals surface area contributed by atoms with Gasteiger partial charge in [-0.3, -0.25) is 14.8 Å². The Kier molecular flexibility index (Phi) is 7.85. The molecular weight excluding hydrogens is 366 g/mol. The summed E-state index contributed by atoms with van der Waals surface area (Å²) in [7, 11) is 0. The SMILES string of the molecule is CC[C@H](C)[C@H](NC(=O)c1ccc(C#CC#Cc2ccc(N)cc2)cc1)C(=O)NO. The van der Waals surface area contributed by atoms with Crippen molar-refractivity contribution in [2.45, 2.75) is 26.3 Å². The van der Waals surface area contributed by atoms with E-state index in [1.807, 2.05) is 26.0 Å². The largest absolute Gasteiger partial charge is 0.399 e. The molecule has 0 radical (unpaired) electrons. The Morgan fingerprint density at radius 2 is 1.52 bits per heavy atom. The highest BCUT2D eigenvalue weighted by atomic mass is 16.5. The third kappa shape index (κ3) is 6.42. The van der Waals surface area contributed by atoms with Gasteiger partial charge < -0.3 is 11.1 Å². The average molecular weight is 389 g/mol. The zero-order valence-corrected chi connectivity index (χ0v) is 16.3. The monoisotopic (exact) mass is 389 g/mol. The van der Waals surface area contributed by atoms with Crippen LogP contribution in [-0.2, 0) is 4.79 Å². The van der Waals surface area contributed by atoms with E-state index in [2.05, 4.69) is 29.0 Å². The summed E-state index contributed by atoms with van der Waals surface area (Å²) in [5, 5.41) is 11.5. The Balaban J connectivity index is 2.04. The summed E-state index contributed by atoms with van der Waals surface area (Å²) in [4.78, 5) is 24.2. The van der Waals surface area contributed by atoms with Crippen molar-refractivity contribution in [3.05, 3.63) is 65.2 Å². The van der Waals surface area contributed by atoms with Crippen LogP contribution in [-0.4, -0.2) is 23.1 Å². The summed E-state index contributed by atoms with van der Waals surface area (Å²) < 4.78 is 0. The zero-order chi connectivity index (χ0) is 21.2. The lowest BCUT2D eigenvalue weighted by Gasteiger charge is -2.22. The molecule has 0 spiro atoms. The number of nitrogens with one attached hydrogen (secondary N) is 2. The van der Waals surface area contributed by atoms with Gasteiger partial charge in [-0.1, -0.05) is 32.1 Å². The van der Waals surface area contributed by atoms with Crippen LogP contribution in [0.4, 0.5) is 5.69 Å². The van der Waals surface area contributed by atoms with Crippen molar-refractivity contribution in [3.8, 4) is 23.7 Å². The normalized spacial score (nSPS) is 11.7. The fraction of sp³-hybridized carbons (Fsp3) is 0.217. The van der Waals surface area contributed by atoms with Crippen LogP contribution in [0.2, 0.25) is 0 Å². The van der Waals surface area contributed by atoms with Crippen molar-refractivity contribution >= 4 is 17.5 Å². The number of nitrogen functional groups attached to an aromatic ring is 1. The standard InChI is InChI=1S/C23H23N3O3/c1-3-16(2)21(23(28)26-29)25-22(27)19-12-8-17(9-13-19)6-4-5-7-18-10-14-20(24)15-11-18/h8-16,21,29H,3,24H2,1-2H3,(H,25,27)(H,26,28)/t16-,21-/m0/s1. The van der Waals surface area contributed by atoms with E-state index in [1.165, 1.54) is 0 Å². The molecule has 2 aromatic rings. The molecule has 0 bridgehead atoms. The number of carbonyl (C=O) groups is 2. The van der Waals surface area contributed by atoms with Crippen molar-refractivity contribution < 1.29 is 14.8 Å². The second-order valence-corrected chi connectivity index (χ2v) is 6.51. The highest BCUT2D eigenvalue weighted by molar-refractivity contribution is 5.97. The minimum Gasteiger partial charge on any atom is -0.399 e. The summed E-state index contributed by atoms with van der Waals surface area (Å²) >= 11 is 0. The van der Waals surface area contributed by atoms with Crippen LogP contribution in [0.5, 0.6) is 0 Å². The molecule has 0 saturated carbocycles. The van der Waals surface area contributed by atoms with Crippen LogP contribution in [0, 0.1) is 29.6 Å². The molecule has 2 aromatic carbocycles. The quantitative estimate of drug-likeness (QED) is 0.273. The van der Waals surface area contributed by atoms with Crippen LogP contribution in [0.1, 0.15) is 41.8 Å². The predicted octanol–water partition coefficient (Wildman–Crippen LogP) is 2.32. The Labute approximate surface area is 170 Å². The van der Waals surface area contributed by atoms with E-state index >= 15 is 0 Å². The maximum atomic E-state index is 12.4. The van der Waals surface area contributed by atoms with Crippen molar-refractivity contribution in [2.75, 3.05) is 5.73 Å². The molecule has 0 aliphatic heterocycles. The average Bonchev–Trinajstić information content (AvgIpc) is 2.75. The second kappa shape index (κ2) is 10.6. The van der Waals surface area contributed by atoms with E-state index < -0.39 is 17.9 Å². The summed E-state index contributed by atoms with van der Waals surface area (Å²) in [5.41, 5.74) is 9.82. The topological polar surface area (TPSA) is 104 Å². The number of hydrogen-bond acceptors (Lipinski definition) is 4. The van der Waals surface area contributed by atoms with Crippen LogP contribution < -0.4 is 16.5 Å². The highest BCUT2D eigenvalue weighted by Gasteiger charge is 2.25. The van der Waals surface area contributed by atoms with Gasteiger partial charge in [-0.2, -0.15) is 0 Å². The molecule has 2 amide bonds. The van der Waals surface area contributed by atoms with Gasteiger partial charge in [0.1, 0.15) is 6.04 Å². The molecule has 0 unspecified atom stereocenters. The van der Waals surface area contributed by atoms with Gasteiger partial charge in [-0.05, 0) is 66.3 Å². The van der Waals surface area contributed by atoms with Crippen molar-refractivity contribution in [1.29, 1.82) is 0 Å². The Morgan fingerprint density at radius 3 is 2.00 bits per heavy atom. The Hall–Kier alpha value is -3.74. The summed E-state index contributed by atoms with van der Waals surface area (Å²) in [6.45, 7) is 3.72. The van der Waals surface area contributed by atoms with Crippen LogP contribution in [0.15, 0.2) is 48.5 Å². The Bertz CT molecular complexity index is 975. The molecule has 2 rings (SSSR count). The smallest absolute Gasteiger partial charge is 0.266 e. The van der Waals surface area contributed by atoms with Gasteiger partial charge in [0.15, 0.2) is 0 Å². The van der Waals surface area contributed by atoms with Gasteiger partial charge in [0.25, 0.3) is 11.8 Å². The maximum absolute atomic E-state index is 12.4. The number of hydroxylamine groups is 1. The summed E-state index contributed by atoms with van der Waals surface area (Å²) in [6, 6.07) is 13.0. The predicted molar refractivity (Wildman–Crippen MR) is 112 cm³/mol. The van der Waals surface area contributed by atoms with Gasteiger partial charge in [0, 0.05) is 22.4 Å². The molecule has 6 heteroatoms. The molecule has 6 nitrogen and oxygen atoms in total. The second-order valence-electron chi connectivity index (χ2n) is 6.51. The van der Waals surface area contributed by atoms with E-state index in [0.717, 1.165) is 5.56 Å². The van der Waals surface area contributed by atoms with Crippen LogP contribution in [0.3, 0.4) is 0 Å². The molecule has 2 atom stereocenters. The minimum atomic E-state index is -0.819. The van der Waals surface area contributed by atoms with Crippen molar-refractivity contribution in [1.82, 2.24) is 10.8 Å². The first kappa shape index (κ1) is 21.6. The molecule has 0 aromatic heterocycles. The van der Waals surface area contributed by atoms with E-state index in [0.29, 0.717) is 23.2 Å². The van der Waals surface area contributed by atoms with Gasteiger partial charge in [0.2, 0.25) is 0 Å². The first-order valence-electron chi connectivity index (χ1n) is 9.17. The Morgan fingerprint density at radius 1 is 1.00 bits per heavy atom. The molecule has 148 valence electrons. The van der Waals surface area contributed by atoms with Crippen LogP contribution in [0.25, 0.3) is 0 Å². The third-order valence-corrected chi connectivity index (χ3v) is 4.43. The molecule has 0 heterocycles. The third-order valence-electron chi connectivity index (χ3n) is 4.43. The number of carbonyl (C=O) groups excluding carboxylic acids is 2. The van der Waals surface area contributed by atoms with Crippen LogP contribution >= 0.6 is 0 Å². The number of rotatable bonds is 5. The molecule has 0 saturated heterocycles. The highest BCUT2D eigenvalue weighted by Crippen LogP contribution is 2.10. The van der Waals surface area contributed by atoms with E-state index in [1.54, 1.807) is 41.9 Å². The van der Waals surface area contributed by atoms with E-state index in [4.69, 9.17) is 10.9 Å². The lowest BCUT2D eigenvalue weighted by Crippen LogP contribution is -2.49. The molecule has 5 N–H and O–H groups in total. The van der Waals surface area contributed by atoms with Gasteiger partial charge >= 0.3 is 0 Å². The minimum absolute atomic E-state index is 0.129. The maximum Gasteiger partial charge on any atom is 0.266 e. The number of nitrogens with two attached hydrogens (primary N) is 1. The molecular formula is C23H23N3O3. The fourth-order valence-electron chi connectivity index (χ4n) is 2.47. The van der Waals surface area contributed by atoms with Gasteiger partial charge in [0.05, 0.1) is 0 Å². The fourth-order valence-corrected chi connectivity index (χ4v) is 2.47. The van der Waals surface area contributed by atoms with Gasteiger partial charge in [-0.15, -0.1) is 0 Å².